The molecule has 2 aromatic carbocycles. The molecule has 27 heavy (non-hydrogen) atoms. The highest BCUT2D eigenvalue weighted by Crippen LogP contribution is 2.25. The van der Waals surface area contributed by atoms with E-state index < -0.39 is 0 Å². The van der Waals surface area contributed by atoms with Crippen LogP contribution in [0.5, 0.6) is 0 Å². The van der Waals surface area contributed by atoms with Gasteiger partial charge in [0.25, 0.3) is 0 Å². The van der Waals surface area contributed by atoms with E-state index in [4.69, 9.17) is 4.42 Å². The van der Waals surface area contributed by atoms with Crippen LogP contribution < -0.4 is 0 Å². The Kier molecular flexibility index (Phi) is 6.02. The van der Waals surface area contributed by atoms with E-state index in [1.807, 2.05) is 12.1 Å². The maximum atomic E-state index is 5.86. The molecule has 0 fully saturated rings. The third-order valence-electron chi connectivity index (χ3n) is 4.69. The molecule has 0 aliphatic rings. The monoisotopic (exact) mass is 358 g/mol. The Labute approximate surface area is 161 Å². The second kappa shape index (κ2) is 8.63. The molecule has 138 valence electrons. The van der Waals surface area contributed by atoms with Gasteiger partial charge in [0.15, 0.2) is 0 Å². The lowest BCUT2D eigenvalue weighted by atomic mass is 10.1. The normalized spacial score (nSPS) is 11.7. The van der Waals surface area contributed by atoms with Crippen LogP contribution in [0.15, 0.2) is 62.9 Å². The van der Waals surface area contributed by atoms with E-state index in [1.54, 1.807) is 12.4 Å². The minimum Gasteiger partial charge on any atom is -0.454 e. The van der Waals surface area contributed by atoms with E-state index in [2.05, 4.69) is 74.1 Å². The highest BCUT2D eigenvalue weighted by molar-refractivity contribution is 5.84. The first-order valence-corrected chi connectivity index (χ1v) is 9.47. The summed E-state index contributed by atoms with van der Waals surface area (Å²) in [5, 5.41) is 0. The predicted molar refractivity (Wildman–Crippen MR) is 114 cm³/mol. The fourth-order valence-electron chi connectivity index (χ4n) is 3.14. The Morgan fingerprint density at radius 2 is 1.15 bits per heavy atom. The first-order valence-electron chi connectivity index (χ1n) is 9.47. The molecule has 0 N–H and O–H groups in total. The van der Waals surface area contributed by atoms with Gasteiger partial charge in [-0.25, -0.2) is 0 Å². The van der Waals surface area contributed by atoms with Crippen molar-refractivity contribution in [3.8, 4) is 0 Å². The van der Waals surface area contributed by atoms with Crippen molar-refractivity contribution >= 4 is 23.8 Å². The van der Waals surface area contributed by atoms with E-state index in [9.17, 15) is 0 Å². The molecule has 0 bridgehead atoms. The lowest BCUT2D eigenvalue weighted by Gasteiger charge is -2.05. The van der Waals surface area contributed by atoms with Gasteiger partial charge in [-0.3, -0.25) is 9.98 Å². The molecule has 3 nitrogen and oxygen atoms in total. The van der Waals surface area contributed by atoms with Crippen molar-refractivity contribution in [1.82, 2.24) is 0 Å². The Morgan fingerprint density at radius 3 is 1.56 bits per heavy atom. The molecule has 3 heteroatoms. The van der Waals surface area contributed by atoms with Gasteiger partial charge < -0.3 is 4.42 Å². The molecular formula is C24H26N2O. The van der Waals surface area contributed by atoms with E-state index in [0.717, 1.165) is 35.7 Å². The molecular weight excluding hydrogens is 332 g/mol. The van der Waals surface area contributed by atoms with E-state index in [0.29, 0.717) is 0 Å². The lowest BCUT2D eigenvalue weighted by molar-refractivity contribution is 0.553. The van der Waals surface area contributed by atoms with Crippen LogP contribution in [-0.2, 0) is 12.8 Å². The summed E-state index contributed by atoms with van der Waals surface area (Å²) in [7, 11) is 0. The standard InChI is InChI=1S/C24H26N2O/c1-5-19-11-7-9-17(3)23(19)25-15-21-13-14-22(27-21)16-26-24-18(4)10-8-12-20(24)6-2/h7-16H,5-6H2,1-4H3. The highest BCUT2D eigenvalue weighted by atomic mass is 16.3. The number of aryl methyl sites for hydroxylation is 4. The molecule has 0 saturated heterocycles. The van der Waals surface area contributed by atoms with Crippen LogP contribution in [0.1, 0.15) is 47.6 Å². The summed E-state index contributed by atoms with van der Waals surface area (Å²) < 4.78 is 5.86. The van der Waals surface area contributed by atoms with Gasteiger partial charge in [-0.15, -0.1) is 0 Å². The van der Waals surface area contributed by atoms with E-state index >= 15 is 0 Å². The molecule has 0 saturated carbocycles. The number of rotatable bonds is 6. The minimum atomic E-state index is 0.724. The number of aliphatic imine (C=N–C) groups is 2. The molecule has 1 heterocycles. The number of nitrogens with zero attached hydrogens (tertiary/aromatic N) is 2. The van der Waals surface area contributed by atoms with Gasteiger partial charge >= 0.3 is 0 Å². The third-order valence-corrected chi connectivity index (χ3v) is 4.69. The van der Waals surface area contributed by atoms with Crippen LogP contribution in [0.25, 0.3) is 0 Å². The van der Waals surface area contributed by atoms with Crippen LogP contribution in [0.2, 0.25) is 0 Å². The minimum absolute atomic E-state index is 0.724. The van der Waals surface area contributed by atoms with Gasteiger partial charge in [-0.2, -0.15) is 0 Å². The summed E-state index contributed by atoms with van der Waals surface area (Å²) in [6.07, 6.45) is 5.48. The molecule has 0 radical (unpaired) electrons. The smallest absolute Gasteiger partial charge is 0.145 e. The Hall–Kier alpha value is -2.94. The fourth-order valence-corrected chi connectivity index (χ4v) is 3.14. The molecule has 3 aromatic rings. The summed E-state index contributed by atoms with van der Waals surface area (Å²) in [5.74, 6) is 1.45. The van der Waals surface area contributed by atoms with Crippen molar-refractivity contribution in [2.75, 3.05) is 0 Å². The molecule has 0 unspecified atom stereocenters. The summed E-state index contributed by atoms with van der Waals surface area (Å²) >= 11 is 0. The second-order valence-electron chi connectivity index (χ2n) is 6.63. The van der Waals surface area contributed by atoms with Crippen molar-refractivity contribution in [2.45, 2.75) is 40.5 Å². The van der Waals surface area contributed by atoms with Crippen molar-refractivity contribution in [1.29, 1.82) is 0 Å². The predicted octanol–water partition coefficient (Wildman–Crippen LogP) is 6.52. The van der Waals surface area contributed by atoms with E-state index in [1.165, 1.54) is 22.3 Å². The zero-order valence-corrected chi connectivity index (χ0v) is 16.5. The summed E-state index contributed by atoms with van der Waals surface area (Å²) in [6.45, 7) is 8.45. The van der Waals surface area contributed by atoms with Crippen molar-refractivity contribution < 1.29 is 4.42 Å². The number of hydrogen-bond donors (Lipinski definition) is 0. The Morgan fingerprint density at radius 1 is 0.704 bits per heavy atom. The highest BCUT2D eigenvalue weighted by Gasteiger charge is 2.04. The van der Waals surface area contributed by atoms with Crippen molar-refractivity contribution in [2.24, 2.45) is 9.98 Å². The van der Waals surface area contributed by atoms with Gasteiger partial charge in [-0.1, -0.05) is 50.2 Å². The van der Waals surface area contributed by atoms with Gasteiger partial charge in [0.1, 0.15) is 11.5 Å². The Balaban J connectivity index is 1.80. The SMILES string of the molecule is CCc1cccc(C)c1N=Cc1ccc(C=Nc2c(C)cccc2CC)o1. The van der Waals surface area contributed by atoms with Crippen LogP contribution >= 0.6 is 0 Å². The van der Waals surface area contributed by atoms with E-state index in [-0.39, 0.29) is 0 Å². The number of para-hydroxylation sites is 2. The molecule has 3 rings (SSSR count). The first kappa shape index (κ1) is 18.8. The molecule has 0 amide bonds. The molecule has 0 spiro atoms. The fraction of sp³-hybridized carbons (Fsp3) is 0.250. The first-order chi connectivity index (χ1) is 13.1. The maximum Gasteiger partial charge on any atom is 0.145 e. The van der Waals surface area contributed by atoms with Crippen molar-refractivity contribution in [3.63, 3.8) is 0 Å². The average molecular weight is 358 g/mol. The van der Waals surface area contributed by atoms with Gasteiger partial charge in [0.2, 0.25) is 0 Å². The zero-order valence-electron chi connectivity index (χ0n) is 16.5. The molecule has 1 aromatic heterocycles. The van der Waals surface area contributed by atoms with Gasteiger partial charge in [0, 0.05) is 0 Å². The molecule has 0 aliphatic heterocycles. The van der Waals surface area contributed by atoms with Crippen LogP contribution in [0.3, 0.4) is 0 Å². The molecule has 0 atom stereocenters. The number of hydrogen-bond acceptors (Lipinski definition) is 3. The maximum absolute atomic E-state index is 5.86. The van der Waals surface area contributed by atoms with Crippen molar-refractivity contribution in [3.05, 3.63) is 82.3 Å². The summed E-state index contributed by atoms with van der Waals surface area (Å²) in [6, 6.07) is 16.4. The average Bonchev–Trinajstić information content (AvgIpc) is 3.13. The Bertz CT molecular complexity index is 902. The largest absolute Gasteiger partial charge is 0.454 e. The van der Waals surface area contributed by atoms with Crippen LogP contribution in [0, 0.1) is 13.8 Å². The number of benzene rings is 2. The van der Waals surface area contributed by atoms with Crippen LogP contribution in [-0.4, -0.2) is 12.4 Å². The molecule has 0 aliphatic carbocycles. The quantitative estimate of drug-likeness (QED) is 0.462. The summed E-state index contributed by atoms with van der Waals surface area (Å²) in [5.41, 5.74) is 6.88. The third kappa shape index (κ3) is 4.43. The summed E-state index contributed by atoms with van der Waals surface area (Å²) in [4.78, 5) is 9.31. The van der Waals surface area contributed by atoms with Gasteiger partial charge in [0.05, 0.1) is 23.8 Å². The second-order valence-corrected chi connectivity index (χ2v) is 6.63. The lowest BCUT2D eigenvalue weighted by Crippen LogP contribution is -1.86. The topological polar surface area (TPSA) is 37.9 Å². The van der Waals surface area contributed by atoms with Crippen LogP contribution in [0.4, 0.5) is 11.4 Å². The zero-order chi connectivity index (χ0) is 19.2. The number of furan rings is 1. The van der Waals surface area contributed by atoms with Gasteiger partial charge in [-0.05, 0) is 61.1 Å².